The summed E-state index contributed by atoms with van der Waals surface area (Å²) in [7, 11) is 0. The second-order valence-electron chi connectivity index (χ2n) is 6.84. The van der Waals surface area contributed by atoms with Gasteiger partial charge in [-0.3, -0.25) is 0 Å². The Kier molecular flexibility index (Phi) is 29.0. The summed E-state index contributed by atoms with van der Waals surface area (Å²) in [5, 5.41) is 0. The van der Waals surface area contributed by atoms with Crippen LogP contribution >= 0.6 is 22.6 Å². The molecule has 0 bridgehead atoms. The maximum atomic E-state index is 5.59. The summed E-state index contributed by atoms with van der Waals surface area (Å²) in [5.74, 6) is 0. The summed E-state index contributed by atoms with van der Waals surface area (Å²) in [6.45, 7) is 10.00. The van der Waals surface area contributed by atoms with Crippen molar-refractivity contribution in [2.75, 3.05) is 83.7 Å². The third-order valence-corrected chi connectivity index (χ3v) is 4.66. The Morgan fingerprint density at radius 2 is 0.690 bits per heavy atom. The van der Waals surface area contributed by atoms with Crippen LogP contribution in [0.5, 0.6) is 0 Å². The molecule has 29 heavy (non-hydrogen) atoms. The van der Waals surface area contributed by atoms with E-state index in [9.17, 15) is 0 Å². The van der Waals surface area contributed by atoms with Gasteiger partial charge in [0.1, 0.15) is 0 Å². The summed E-state index contributed by atoms with van der Waals surface area (Å²) in [6, 6.07) is 0. The molecular weight excluding hydrogens is 487 g/mol. The lowest BCUT2D eigenvalue weighted by Gasteiger charge is -2.08. The molecule has 0 N–H and O–H groups in total. The van der Waals surface area contributed by atoms with E-state index in [1.54, 1.807) is 0 Å². The number of hydrogen-bond acceptors (Lipinski definition) is 6. The van der Waals surface area contributed by atoms with E-state index in [-0.39, 0.29) is 0 Å². The van der Waals surface area contributed by atoms with Gasteiger partial charge >= 0.3 is 0 Å². The second kappa shape index (κ2) is 28.5. The van der Waals surface area contributed by atoms with Gasteiger partial charge in [0, 0.05) is 11.0 Å². The molecule has 0 unspecified atom stereocenters. The van der Waals surface area contributed by atoms with Gasteiger partial charge in [0.15, 0.2) is 0 Å². The molecule has 0 aliphatic heterocycles. The molecule has 7 heteroatoms. The fraction of sp³-hybridized carbons (Fsp3) is 1.00. The lowest BCUT2D eigenvalue weighted by molar-refractivity contribution is -0.0161. The van der Waals surface area contributed by atoms with Crippen LogP contribution in [0.25, 0.3) is 0 Å². The topological polar surface area (TPSA) is 55.4 Å². The molecule has 0 radical (unpaired) electrons. The van der Waals surface area contributed by atoms with Crippen molar-refractivity contribution in [2.24, 2.45) is 0 Å². The molecule has 0 aromatic heterocycles. The highest BCUT2D eigenvalue weighted by atomic mass is 127. The van der Waals surface area contributed by atoms with Gasteiger partial charge in [-0.05, 0) is 6.42 Å². The van der Waals surface area contributed by atoms with E-state index >= 15 is 0 Å². The van der Waals surface area contributed by atoms with Crippen LogP contribution in [0.2, 0.25) is 0 Å². The van der Waals surface area contributed by atoms with Crippen molar-refractivity contribution in [3.05, 3.63) is 0 Å². The molecule has 0 aromatic carbocycles. The predicted octanol–water partition coefficient (Wildman–Crippen LogP) is 4.66. The molecule has 0 aliphatic rings. The van der Waals surface area contributed by atoms with Crippen molar-refractivity contribution in [2.45, 2.75) is 58.3 Å². The maximum Gasteiger partial charge on any atom is 0.0701 e. The molecular formula is C22H45IO6. The van der Waals surface area contributed by atoms with Crippen LogP contribution in [0.3, 0.4) is 0 Å². The Hall–Kier alpha value is 0.490. The van der Waals surface area contributed by atoms with E-state index in [4.69, 9.17) is 28.4 Å². The van der Waals surface area contributed by atoms with E-state index in [1.807, 2.05) is 0 Å². The molecule has 0 atom stereocenters. The van der Waals surface area contributed by atoms with Gasteiger partial charge in [0.05, 0.1) is 72.7 Å². The van der Waals surface area contributed by atoms with Crippen LogP contribution < -0.4 is 0 Å². The first-order valence-corrected chi connectivity index (χ1v) is 13.0. The summed E-state index contributed by atoms with van der Waals surface area (Å²) < 4.78 is 33.7. The summed E-state index contributed by atoms with van der Waals surface area (Å²) in [4.78, 5) is 0. The fourth-order valence-corrected chi connectivity index (χ4v) is 2.91. The monoisotopic (exact) mass is 532 g/mol. The zero-order valence-electron chi connectivity index (χ0n) is 18.7. The number of halogens is 1. The van der Waals surface area contributed by atoms with Crippen LogP contribution in [-0.2, 0) is 28.4 Å². The number of unbranched alkanes of at least 4 members (excludes halogenated alkanes) is 7. The Morgan fingerprint density at radius 1 is 0.379 bits per heavy atom. The molecule has 0 fully saturated rings. The van der Waals surface area contributed by atoms with Crippen molar-refractivity contribution in [1.82, 2.24) is 0 Å². The number of alkyl halides is 1. The molecule has 0 saturated carbocycles. The average molecular weight is 533 g/mol. The minimum atomic E-state index is 0.580. The fourth-order valence-electron chi connectivity index (χ4n) is 2.59. The highest BCUT2D eigenvalue weighted by Crippen LogP contribution is 2.08. The molecule has 0 aromatic rings. The highest BCUT2D eigenvalue weighted by molar-refractivity contribution is 14.1. The first kappa shape index (κ1) is 29.5. The predicted molar refractivity (Wildman–Crippen MR) is 126 cm³/mol. The van der Waals surface area contributed by atoms with Crippen LogP contribution in [0.15, 0.2) is 0 Å². The Balaban J connectivity index is 2.97. The van der Waals surface area contributed by atoms with Crippen LogP contribution in [0, 0.1) is 0 Å². The van der Waals surface area contributed by atoms with Gasteiger partial charge in [-0.2, -0.15) is 0 Å². The van der Waals surface area contributed by atoms with E-state index < -0.39 is 0 Å². The molecule has 0 spiro atoms. The van der Waals surface area contributed by atoms with E-state index in [0.717, 1.165) is 24.1 Å². The number of rotatable bonds is 26. The van der Waals surface area contributed by atoms with Gasteiger partial charge in [0.25, 0.3) is 0 Å². The third kappa shape index (κ3) is 28.5. The first-order chi connectivity index (χ1) is 14.4. The molecule has 0 amide bonds. The van der Waals surface area contributed by atoms with Gasteiger partial charge in [-0.25, -0.2) is 0 Å². The van der Waals surface area contributed by atoms with Crippen molar-refractivity contribution in [3.63, 3.8) is 0 Å². The Bertz CT molecular complexity index is 258. The zero-order valence-corrected chi connectivity index (χ0v) is 20.8. The normalized spacial score (nSPS) is 11.4. The number of ether oxygens (including phenoxy) is 6. The van der Waals surface area contributed by atoms with Gasteiger partial charge in [0.2, 0.25) is 0 Å². The van der Waals surface area contributed by atoms with Crippen molar-refractivity contribution >= 4 is 22.6 Å². The number of hydrogen-bond donors (Lipinski definition) is 0. The molecule has 176 valence electrons. The van der Waals surface area contributed by atoms with Gasteiger partial charge in [-0.1, -0.05) is 74.5 Å². The lowest BCUT2D eigenvalue weighted by atomic mass is 10.1. The van der Waals surface area contributed by atoms with E-state index in [1.165, 1.54) is 44.9 Å². The largest absolute Gasteiger partial charge is 0.379 e. The van der Waals surface area contributed by atoms with Gasteiger partial charge in [-0.15, -0.1) is 0 Å². The quantitative estimate of drug-likeness (QED) is 0.0918. The SMILES string of the molecule is CCCCCCCCCCOCCOCCOCCOCCOCCOCCI. The molecule has 0 heterocycles. The minimum absolute atomic E-state index is 0.580. The summed E-state index contributed by atoms with van der Waals surface area (Å²) in [6.07, 6.45) is 10.6. The average Bonchev–Trinajstić information content (AvgIpc) is 2.74. The smallest absolute Gasteiger partial charge is 0.0701 e. The summed E-state index contributed by atoms with van der Waals surface area (Å²) >= 11 is 2.29. The highest BCUT2D eigenvalue weighted by Gasteiger charge is 1.95. The summed E-state index contributed by atoms with van der Waals surface area (Å²) in [5.41, 5.74) is 0. The minimum Gasteiger partial charge on any atom is -0.379 e. The maximum absolute atomic E-state index is 5.59. The van der Waals surface area contributed by atoms with E-state index in [2.05, 4.69) is 29.5 Å². The Morgan fingerprint density at radius 3 is 1.07 bits per heavy atom. The zero-order chi connectivity index (χ0) is 21.1. The molecule has 6 nitrogen and oxygen atoms in total. The molecule has 0 saturated heterocycles. The Labute approximate surface area is 192 Å². The molecule has 0 aliphatic carbocycles. The second-order valence-corrected chi connectivity index (χ2v) is 7.92. The third-order valence-electron chi connectivity index (χ3n) is 4.22. The van der Waals surface area contributed by atoms with Crippen LogP contribution in [0.1, 0.15) is 58.3 Å². The standard InChI is InChI=1S/C22H45IO6/c1-2-3-4-5-6-7-8-9-11-24-13-15-26-17-19-28-21-22-29-20-18-27-16-14-25-12-10-23/h2-22H2,1H3. The van der Waals surface area contributed by atoms with Crippen molar-refractivity contribution < 1.29 is 28.4 Å². The van der Waals surface area contributed by atoms with Crippen LogP contribution in [0.4, 0.5) is 0 Å². The first-order valence-electron chi connectivity index (χ1n) is 11.4. The van der Waals surface area contributed by atoms with Gasteiger partial charge < -0.3 is 28.4 Å². The molecule has 0 rings (SSSR count). The van der Waals surface area contributed by atoms with Crippen molar-refractivity contribution in [3.8, 4) is 0 Å². The van der Waals surface area contributed by atoms with Crippen LogP contribution in [-0.4, -0.2) is 83.7 Å². The lowest BCUT2D eigenvalue weighted by Crippen LogP contribution is -2.14. The van der Waals surface area contributed by atoms with E-state index in [0.29, 0.717) is 66.1 Å². The van der Waals surface area contributed by atoms with Crippen molar-refractivity contribution in [1.29, 1.82) is 0 Å².